The minimum Gasteiger partial charge on any atom is -0.507 e. The zero-order chi connectivity index (χ0) is 17.7. The molecule has 0 unspecified atom stereocenters. The largest absolute Gasteiger partial charge is 0.507 e. The lowest BCUT2D eigenvalue weighted by molar-refractivity contribution is -0.136. The number of amides is 2. The quantitative estimate of drug-likeness (QED) is 0.412. The Labute approximate surface area is 151 Å². The number of hydrogen-bond donors (Lipinski definition) is 3. The third-order valence-corrected chi connectivity index (χ3v) is 3.98. The van der Waals surface area contributed by atoms with Crippen LogP contribution >= 0.6 is 27.5 Å². The number of phenols is 1. The summed E-state index contributed by atoms with van der Waals surface area (Å²) in [6, 6.07) is 9.72. The molecular formula is C16H13BrClN3O3. The molecule has 8 heteroatoms. The van der Waals surface area contributed by atoms with E-state index in [0.29, 0.717) is 21.8 Å². The van der Waals surface area contributed by atoms with Crippen molar-refractivity contribution in [1.82, 2.24) is 5.43 Å². The van der Waals surface area contributed by atoms with Crippen molar-refractivity contribution in [3.05, 3.63) is 57.0 Å². The SMILES string of the molecule is Cc1c(Cl)cccc1NC(=O)C(=O)N/N=C\c1cc(Br)ccc1O. The number of halogens is 2. The Hall–Kier alpha value is -2.38. The van der Waals surface area contributed by atoms with Gasteiger partial charge in [-0.1, -0.05) is 33.6 Å². The summed E-state index contributed by atoms with van der Waals surface area (Å²) < 4.78 is 0.738. The Kier molecular flexibility index (Phi) is 5.94. The van der Waals surface area contributed by atoms with Gasteiger partial charge in [0.25, 0.3) is 0 Å². The lowest BCUT2D eigenvalue weighted by Crippen LogP contribution is -2.32. The van der Waals surface area contributed by atoms with Crippen LogP contribution in [0.5, 0.6) is 5.75 Å². The number of carbonyl (C=O) groups is 2. The van der Waals surface area contributed by atoms with Crippen LogP contribution in [0.2, 0.25) is 5.02 Å². The summed E-state index contributed by atoms with van der Waals surface area (Å²) in [7, 11) is 0. The average molecular weight is 411 g/mol. The minimum absolute atomic E-state index is 0.00444. The van der Waals surface area contributed by atoms with E-state index in [1.54, 1.807) is 37.3 Å². The maximum Gasteiger partial charge on any atom is 0.329 e. The summed E-state index contributed by atoms with van der Waals surface area (Å²) in [6.07, 6.45) is 1.23. The highest BCUT2D eigenvalue weighted by atomic mass is 79.9. The summed E-state index contributed by atoms with van der Waals surface area (Å²) in [6.45, 7) is 1.73. The van der Waals surface area contributed by atoms with Crippen LogP contribution in [0.1, 0.15) is 11.1 Å². The number of hydrazone groups is 1. The van der Waals surface area contributed by atoms with Gasteiger partial charge in [0.15, 0.2) is 0 Å². The molecule has 124 valence electrons. The number of phenolic OH excluding ortho intramolecular Hbond substituents is 1. The van der Waals surface area contributed by atoms with Crippen molar-refractivity contribution in [2.75, 3.05) is 5.32 Å². The smallest absolute Gasteiger partial charge is 0.329 e. The first kappa shape index (κ1) is 18.0. The molecule has 2 aromatic carbocycles. The normalized spacial score (nSPS) is 10.6. The number of nitrogens with zero attached hydrogens (tertiary/aromatic N) is 1. The molecule has 0 saturated heterocycles. The van der Waals surface area contributed by atoms with E-state index in [-0.39, 0.29) is 5.75 Å². The zero-order valence-corrected chi connectivity index (χ0v) is 14.9. The fourth-order valence-corrected chi connectivity index (χ4v) is 2.32. The Morgan fingerprint density at radius 1 is 1.25 bits per heavy atom. The second kappa shape index (κ2) is 7.94. The number of aromatic hydroxyl groups is 1. The standard InChI is InChI=1S/C16H13BrClN3O3/c1-9-12(18)3-2-4-13(9)20-15(23)16(24)21-19-8-10-7-11(17)5-6-14(10)22/h2-8,22H,1H3,(H,20,23)(H,21,24)/b19-8-. The molecule has 0 bridgehead atoms. The molecule has 24 heavy (non-hydrogen) atoms. The van der Waals surface area contributed by atoms with Gasteiger partial charge in [-0.3, -0.25) is 9.59 Å². The monoisotopic (exact) mass is 409 g/mol. The molecule has 0 atom stereocenters. The molecular weight excluding hydrogens is 398 g/mol. The summed E-state index contributed by atoms with van der Waals surface area (Å²) in [5.41, 5.74) is 3.57. The first-order chi connectivity index (χ1) is 11.4. The van der Waals surface area contributed by atoms with Gasteiger partial charge < -0.3 is 10.4 Å². The van der Waals surface area contributed by atoms with Crippen molar-refractivity contribution in [1.29, 1.82) is 0 Å². The second-order valence-corrected chi connectivity index (χ2v) is 6.09. The van der Waals surface area contributed by atoms with E-state index in [2.05, 4.69) is 31.8 Å². The van der Waals surface area contributed by atoms with Gasteiger partial charge in [0.2, 0.25) is 0 Å². The lowest BCUT2D eigenvalue weighted by Gasteiger charge is -2.08. The van der Waals surface area contributed by atoms with Crippen LogP contribution in [0.3, 0.4) is 0 Å². The van der Waals surface area contributed by atoms with Crippen molar-refractivity contribution in [3.63, 3.8) is 0 Å². The first-order valence-corrected chi connectivity index (χ1v) is 7.93. The molecule has 0 saturated carbocycles. The van der Waals surface area contributed by atoms with Crippen LogP contribution in [-0.2, 0) is 9.59 Å². The van der Waals surface area contributed by atoms with Gasteiger partial charge >= 0.3 is 11.8 Å². The number of carbonyl (C=O) groups excluding carboxylic acids is 2. The van der Waals surface area contributed by atoms with E-state index in [1.807, 2.05) is 0 Å². The van der Waals surface area contributed by atoms with Crippen LogP contribution in [-0.4, -0.2) is 23.1 Å². The molecule has 3 N–H and O–H groups in total. The average Bonchev–Trinajstić information content (AvgIpc) is 2.54. The lowest BCUT2D eigenvalue weighted by atomic mass is 10.2. The third kappa shape index (κ3) is 4.56. The molecule has 0 spiro atoms. The molecule has 0 fully saturated rings. The van der Waals surface area contributed by atoms with Crippen molar-refractivity contribution >= 4 is 51.2 Å². The Morgan fingerprint density at radius 2 is 2.00 bits per heavy atom. The van der Waals surface area contributed by atoms with Gasteiger partial charge in [0.1, 0.15) is 5.75 Å². The molecule has 0 radical (unpaired) electrons. The topological polar surface area (TPSA) is 90.8 Å². The summed E-state index contributed by atoms with van der Waals surface area (Å²) in [4.78, 5) is 23.6. The predicted molar refractivity (Wildman–Crippen MR) is 96.4 cm³/mol. The predicted octanol–water partition coefficient (Wildman–Crippen LogP) is 3.21. The van der Waals surface area contributed by atoms with Gasteiger partial charge in [0, 0.05) is 20.7 Å². The molecule has 0 heterocycles. The van der Waals surface area contributed by atoms with Gasteiger partial charge in [-0.25, -0.2) is 5.43 Å². The molecule has 0 aliphatic rings. The highest BCUT2D eigenvalue weighted by Gasteiger charge is 2.14. The van der Waals surface area contributed by atoms with E-state index in [9.17, 15) is 14.7 Å². The van der Waals surface area contributed by atoms with E-state index in [0.717, 1.165) is 4.47 Å². The second-order valence-electron chi connectivity index (χ2n) is 4.77. The summed E-state index contributed by atoms with van der Waals surface area (Å²) >= 11 is 9.21. The van der Waals surface area contributed by atoms with Gasteiger partial charge in [0.05, 0.1) is 6.21 Å². The maximum absolute atomic E-state index is 11.8. The Bertz CT molecular complexity index is 824. The maximum atomic E-state index is 11.8. The number of rotatable bonds is 3. The number of benzene rings is 2. The van der Waals surface area contributed by atoms with E-state index >= 15 is 0 Å². The molecule has 2 amide bonds. The van der Waals surface area contributed by atoms with Gasteiger partial charge in [-0.2, -0.15) is 5.10 Å². The molecule has 0 aromatic heterocycles. The molecule has 0 aliphatic carbocycles. The Balaban J connectivity index is 1.99. The first-order valence-electron chi connectivity index (χ1n) is 6.76. The molecule has 6 nitrogen and oxygen atoms in total. The van der Waals surface area contributed by atoms with E-state index in [1.165, 1.54) is 12.3 Å². The molecule has 2 aromatic rings. The Morgan fingerprint density at radius 3 is 2.75 bits per heavy atom. The molecule has 2 rings (SSSR count). The third-order valence-electron chi connectivity index (χ3n) is 3.08. The number of nitrogens with one attached hydrogen (secondary N) is 2. The van der Waals surface area contributed by atoms with Crippen LogP contribution in [0.15, 0.2) is 46.0 Å². The van der Waals surface area contributed by atoms with Crippen LogP contribution < -0.4 is 10.7 Å². The highest BCUT2D eigenvalue weighted by molar-refractivity contribution is 9.10. The van der Waals surface area contributed by atoms with Crippen LogP contribution in [0, 0.1) is 6.92 Å². The minimum atomic E-state index is -0.944. The van der Waals surface area contributed by atoms with Crippen LogP contribution in [0.25, 0.3) is 0 Å². The number of anilines is 1. The van der Waals surface area contributed by atoms with Crippen molar-refractivity contribution < 1.29 is 14.7 Å². The van der Waals surface area contributed by atoms with Crippen LogP contribution in [0.4, 0.5) is 5.69 Å². The number of hydrogen-bond acceptors (Lipinski definition) is 4. The zero-order valence-electron chi connectivity index (χ0n) is 12.5. The van der Waals surface area contributed by atoms with Gasteiger partial charge in [-0.05, 0) is 42.8 Å². The van der Waals surface area contributed by atoms with Crippen molar-refractivity contribution in [3.8, 4) is 5.75 Å². The fraction of sp³-hybridized carbons (Fsp3) is 0.0625. The highest BCUT2D eigenvalue weighted by Crippen LogP contribution is 2.23. The van der Waals surface area contributed by atoms with Gasteiger partial charge in [-0.15, -0.1) is 0 Å². The van der Waals surface area contributed by atoms with Crippen molar-refractivity contribution in [2.24, 2.45) is 5.10 Å². The summed E-state index contributed by atoms with van der Waals surface area (Å²) in [5.74, 6) is -1.83. The van der Waals surface area contributed by atoms with E-state index < -0.39 is 11.8 Å². The molecule has 0 aliphatic heterocycles. The summed E-state index contributed by atoms with van der Waals surface area (Å²) in [5, 5.41) is 16.2. The van der Waals surface area contributed by atoms with E-state index in [4.69, 9.17) is 11.6 Å². The fourth-order valence-electron chi connectivity index (χ4n) is 1.76. The van der Waals surface area contributed by atoms with Crippen molar-refractivity contribution in [2.45, 2.75) is 6.92 Å².